The van der Waals surface area contributed by atoms with Crippen molar-refractivity contribution in [2.45, 2.75) is 38.1 Å². The van der Waals surface area contributed by atoms with Crippen LogP contribution in [0.3, 0.4) is 0 Å². The molecule has 10 nitrogen and oxygen atoms in total. The fraction of sp³-hybridized carbons (Fsp3) is 0.458. The lowest BCUT2D eigenvalue weighted by molar-refractivity contribution is -0.122. The van der Waals surface area contributed by atoms with Crippen molar-refractivity contribution in [1.29, 1.82) is 0 Å². The summed E-state index contributed by atoms with van der Waals surface area (Å²) in [6.07, 6.45) is 8.12. The summed E-state index contributed by atoms with van der Waals surface area (Å²) in [5.74, 6) is 1.04. The van der Waals surface area contributed by atoms with Gasteiger partial charge in [-0.2, -0.15) is 4.98 Å². The van der Waals surface area contributed by atoms with Crippen molar-refractivity contribution < 1.29 is 4.79 Å². The Bertz CT molecular complexity index is 1280. The van der Waals surface area contributed by atoms with Gasteiger partial charge in [0.05, 0.1) is 11.9 Å². The van der Waals surface area contributed by atoms with Crippen LogP contribution in [0.15, 0.2) is 35.4 Å². The average molecular weight is 497 g/mol. The van der Waals surface area contributed by atoms with Crippen molar-refractivity contribution in [2.75, 3.05) is 47.8 Å². The summed E-state index contributed by atoms with van der Waals surface area (Å²) in [6.45, 7) is 4.46. The second-order valence-electron chi connectivity index (χ2n) is 9.17. The molecule has 0 atom stereocenters. The van der Waals surface area contributed by atoms with Crippen molar-refractivity contribution >= 4 is 52.5 Å². The molecule has 3 aromatic rings. The Morgan fingerprint density at radius 3 is 2.46 bits per heavy atom. The molecule has 0 radical (unpaired) electrons. The number of pyridine rings is 2. The lowest BCUT2D eigenvalue weighted by Gasteiger charge is -2.31. The molecule has 11 heteroatoms. The zero-order valence-corrected chi connectivity index (χ0v) is 20.3. The molecule has 6 rings (SSSR count). The Hall–Kier alpha value is -3.24. The first kappa shape index (κ1) is 23.5. The fourth-order valence-electron chi connectivity index (χ4n) is 5.11. The van der Waals surface area contributed by atoms with E-state index in [0.717, 1.165) is 62.9 Å². The van der Waals surface area contributed by atoms with Gasteiger partial charge in [-0.1, -0.05) is 12.8 Å². The first-order valence-electron chi connectivity index (χ1n) is 12.1. The Morgan fingerprint density at radius 2 is 1.80 bits per heavy atom. The average Bonchev–Trinajstić information content (AvgIpc) is 3.39. The Balaban J connectivity index is 0.00000253. The normalized spacial score (nSPS) is 18.5. The van der Waals surface area contributed by atoms with Crippen LogP contribution in [0.5, 0.6) is 0 Å². The molecule has 35 heavy (non-hydrogen) atoms. The van der Waals surface area contributed by atoms with Gasteiger partial charge in [0.25, 0.3) is 5.56 Å². The number of β-lactam (4-membered cyclic amide) rings is 1. The molecule has 3 aromatic heterocycles. The van der Waals surface area contributed by atoms with Gasteiger partial charge in [-0.15, -0.1) is 12.4 Å². The van der Waals surface area contributed by atoms with Crippen molar-refractivity contribution in [3.05, 3.63) is 40.9 Å². The van der Waals surface area contributed by atoms with Crippen molar-refractivity contribution in [3.63, 3.8) is 0 Å². The van der Waals surface area contributed by atoms with E-state index >= 15 is 0 Å². The summed E-state index contributed by atoms with van der Waals surface area (Å²) in [4.78, 5) is 43.2. The Morgan fingerprint density at radius 1 is 1.00 bits per heavy atom. The molecule has 3 aliphatic rings. The molecule has 0 spiro atoms. The summed E-state index contributed by atoms with van der Waals surface area (Å²) < 4.78 is 1.79. The number of amides is 1. The zero-order chi connectivity index (χ0) is 23.1. The summed E-state index contributed by atoms with van der Waals surface area (Å²) in [6, 6.07) is 5.82. The SMILES string of the molecule is Cl.O=C1CCN1c1cc2cnc(Nc3ccc(N4CCNCC4)cn3)nc2n(C2CCCC2)c1=O. The van der Waals surface area contributed by atoms with E-state index in [4.69, 9.17) is 4.98 Å². The lowest BCUT2D eigenvalue weighted by atomic mass is 10.1. The van der Waals surface area contributed by atoms with Gasteiger partial charge < -0.3 is 20.4 Å². The molecule has 1 amide bonds. The van der Waals surface area contributed by atoms with E-state index in [1.807, 2.05) is 18.3 Å². The van der Waals surface area contributed by atoms with Crippen LogP contribution in [0.2, 0.25) is 0 Å². The van der Waals surface area contributed by atoms with Crippen LogP contribution in [-0.4, -0.2) is 58.1 Å². The number of carbonyl (C=O) groups is 1. The van der Waals surface area contributed by atoms with Gasteiger partial charge in [0, 0.05) is 56.8 Å². The van der Waals surface area contributed by atoms with Gasteiger partial charge in [-0.25, -0.2) is 9.97 Å². The molecule has 1 aliphatic carbocycles. The molecule has 3 fully saturated rings. The molecule has 0 bridgehead atoms. The van der Waals surface area contributed by atoms with E-state index in [9.17, 15) is 9.59 Å². The quantitative estimate of drug-likeness (QED) is 0.519. The van der Waals surface area contributed by atoms with Gasteiger partial charge >= 0.3 is 0 Å². The highest BCUT2D eigenvalue weighted by Crippen LogP contribution is 2.32. The minimum Gasteiger partial charge on any atom is -0.368 e. The number of piperazine rings is 1. The molecule has 2 aliphatic heterocycles. The number of fused-ring (bicyclic) bond motifs is 1. The molecule has 2 saturated heterocycles. The van der Waals surface area contributed by atoms with Crippen LogP contribution in [0.25, 0.3) is 11.0 Å². The van der Waals surface area contributed by atoms with E-state index < -0.39 is 0 Å². The highest BCUT2D eigenvalue weighted by molar-refractivity contribution is 6.00. The van der Waals surface area contributed by atoms with E-state index in [1.165, 1.54) is 0 Å². The molecule has 2 N–H and O–H groups in total. The van der Waals surface area contributed by atoms with Crippen molar-refractivity contribution in [2.24, 2.45) is 0 Å². The van der Waals surface area contributed by atoms with Crippen LogP contribution >= 0.6 is 12.4 Å². The second-order valence-corrected chi connectivity index (χ2v) is 9.17. The Kier molecular flexibility index (Phi) is 6.57. The third kappa shape index (κ3) is 4.43. The molecule has 5 heterocycles. The van der Waals surface area contributed by atoms with Gasteiger partial charge in [0.2, 0.25) is 11.9 Å². The molecule has 1 saturated carbocycles. The number of nitrogens with zero attached hydrogens (tertiary/aromatic N) is 6. The smallest absolute Gasteiger partial charge is 0.276 e. The van der Waals surface area contributed by atoms with E-state index in [0.29, 0.717) is 36.1 Å². The maximum absolute atomic E-state index is 13.5. The van der Waals surface area contributed by atoms with Crippen LogP contribution < -0.4 is 26.0 Å². The number of carbonyl (C=O) groups excluding carboxylic acids is 1. The van der Waals surface area contributed by atoms with Crippen molar-refractivity contribution in [1.82, 2.24) is 24.8 Å². The first-order valence-corrected chi connectivity index (χ1v) is 12.1. The van der Waals surface area contributed by atoms with Gasteiger partial charge in [-0.3, -0.25) is 14.2 Å². The zero-order valence-electron chi connectivity index (χ0n) is 19.4. The fourth-order valence-corrected chi connectivity index (χ4v) is 5.11. The minimum absolute atomic E-state index is 0. The predicted molar refractivity (Wildman–Crippen MR) is 138 cm³/mol. The van der Waals surface area contributed by atoms with Crippen LogP contribution in [-0.2, 0) is 4.79 Å². The predicted octanol–water partition coefficient (Wildman–Crippen LogP) is 2.61. The standard InChI is InChI=1S/C24H28N8O2.ClH/c33-21-7-10-31(21)19-13-16-14-27-24(29-22(16)32(23(19)34)17-3-1-2-4-17)28-20-6-5-18(15-26-20)30-11-8-25-9-12-30;/h5-6,13-15,17,25H,1-4,7-12H2,(H,26,27,28,29);1H. The number of hydrogen-bond donors (Lipinski definition) is 2. The second kappa shape index (κ2) is 9.79. The number of nitrogens with one attached hydrogen (secondary N) is 2. The number of hydrogen-bond acceptors (Lipinski definition) is 8. The Labute approximate surface area is 209 Å². The molecular weight excluding hydrogens is 468 g/mol. The molecule has 184 valence electrons. The van der Waals surface area contributed by atoms with Crippen LogP contribution in [0.4, 0.5) is 23.1 Å². The van der Waals surface area contributed by atoms with Gasteiger partial charge in [-0.05, 0) is 31.0 Å². The summed E-state index contributed by atoms with van der Waals surface area (Å²) >= 11 is 0. The van der Waals surface area contributed by atoms with Crippen LogP contribution in [0, 0.1) is 0 Å². The molecule has 0 unspecified atom stereocenters. The first-order chi connectivity index (χ1) is 16.7. The van der Waals surface area contributed by atoms with Crippen molar-refractivity contribution in [3.8, 4) is 0 Å². The maximum atomic E-state index is 13.5. The summed E-state index contributed by atoms with van der Waals surface area (Å²) in [5.41, 5.74) is 1.99. The van der Waals surface area contributed by atoms with E-state index in [2.05, 4.69) is 25.5 Å². The number of rotatable bonds is 5. The third-order valence-electron chi connectivity index (χ3n) is 7.06. The highest BCUT2D eigenvalue weighted by Gasteiger charge is 2.31. The van der Waals surface area contributed by atoms with Gasteiger partial charge in [0.1, 0.15) is 17.2 Å². The van der Waals surface area contributed by atoms with E-state index in [1.54, 1.807) is 21.7 Å². The largest absolute Gasteiger partial charge is 0.368 e. The minimum atomic E-state index is -0.143. The van der Waals surface area contributed by atoms with E-state index in [-0.39, 0.29) is 29.9 Å². The maximum Gasteiger partial charge on any atom is 0.276 e. The van der Waals surface area contributed by atoms with Gasteiger partial charge in [0.15, 0.2) is 0 Å². The third-order valence-corrected chi connectivity index (χ3v) is 7.06. The monoisotopic (exact) mass is 496 g/mol. The summed E-state index contributed by atoms with van der Waals surface area (Å²) in [5, 5.41) is 7.30. The van der Waals surface area contributed by atoms with Crippen LogP contribution in [0.1, 0.15) is 38.1 Å². The lowest BCUT2D eigenvalue weighted by Crippen LogP contribution is -2.47. The topological polar surface area (TPSA) is 108 Å². The molecular formula is C24H29ClN8O2. The number of aromatic nitrogens is 4. The highest BCUT2D eigenvalue weighted by atomic mass is 35.5. The molecule has 0 aromatic carbocycles. The summed E-state index contributed by atoms with van der Waals surface area (Å²) in [7, 11) is 0. The number of anilines is 4. The number of halogens is 1.